The van der Waals surface area contributed by atoms with E-state index in [1.807, 2.05) is 0 Å². The molecule has 0 unspecified atom stereocenters. The van der Waals surface area contributed by atoms with Crippen LogP contribution in [0.4, 0.5) is 18.0 Å². The third-order valence-corrected chi connectivity index (χ3v) is 8.18. The molecule has 2 aromatic heterocycles. The van der Waals surface area contributed by atoms with E-state index in [0.29, 0.717) is 17.8 Å². The second-order valence-corrected chi connectivity index (χ2v) is 11.6. The average molecular weight is 495 g/mol. The molecule has 0 saturated carbocycles. The van der Waals surface area contributed by atoms with E-state index in [1.165, 1.54) is 28.4 Å². The number of hydrogen-bond donors (Lipinski definition) is 0. The van der Waals surface area contributed by atoms with Crippen molar-refractivity contribution in [3.05, 3.63) is 23.9 Å². The second kappa shape index (κ2) is 8.67. The summed E-state index contributed by atoms with van der Waals surface area (Å²) in [5.74, 6) is 0. The van der Waals surface area contributed by atoms with Crippen LogP contribution < -0.4 is 0 Å². The predicted octanol–water partition coefficient (Wildman–Crippen LogP) is 3.80. The van der Waals surface area contributed by atoms with Crippen molar-refractivity contribution >= 4 is 27.5 Å². The standard InChI is InChI=1S/C19H25F3N4O4S2/c1-18(2,3)30-17(27)25-8-5-9-26(11-10-25)32(28,29)16-7-6-14(31-16)13-12-15(19(20,21)22)24(4)23-13/h6-7,12H,5,8-11H2,1-4H3. The van der Waals surface area contributed by atoms with Gasteiger partial charge in [0.25, 0.3) is 10.0 Å². The Hall–Kier alpha value is -2.12. The maximum absolute atomic E-state index is 13.1. The van der Waals surface area contributed by atoms with Crippen molar-refractivity contribution in [3.8, 4) is 10.6 Å². The maximum Gasteiger partial charge on any atom is 0.433 e. The highest BCUT2D eigenvalue weighted by molar-refractivity contribution is 7.91. The first-order valence-electron chi connectivity index (χ1n) is 9.88. The van der Waals surface area contributed by atoms with Gasteiger partial charge in [0.15, 0.2) is 0 Å². The summed E-state index contributed by atoms with van der Waals surface area (Å²) in [5, 5.41) is 3.87. The Balaban J connectivity index is 1.75. The quantitative estimate of drug-likeness (QED) is 0.648. The SMILES string of the molecule is Cn1nc(-c2ccc(S(=O)(=O)N3CCCN(C(=O)OC(C)(C)C)CC3)s2)cc1C(F)(F)F. The number of hydrogen-bond acceptors (Lipinski definition) is 6. The number of halogens is 3. The van der Waals surface area contributed by atoms with Crippen LogP contribution >= 0.6 is 11.3 Å². The Bertz CT molecular complexity index is 1090. The number of ether oxygens (including phenoxy) is 1. The molecule has 0 N–H and O–H groups in total. The Kier molecular flexibility index (Phi) is 6.64. The van der Waals surface area contributed by atoms with Crippen LogP contribution in [0.3, 0.4) is 0 Å². The lowest BCUT2D eigenvalue weighted by atomic mass is 10.2. The van der Waals surface area contributed by atoms with E-state index in [-0.39, 0.29) is 29.5 Å². The number of alkyl halides is 3. The van der Waals surface area contributed by atoms with Gasteiger partial charge in [0.2, 0.25) is 0 Å². The highest BCUT2D eigenvalue weighted by Gasteiger charge is 2.36. The summed E-state index contributed by atoms with van der Waals surface area (Å²) in [6.45, 7) is 6.13. The number of nitrogens with zero attached hydrogens (tertiary/aromatic N) is 4. The second-order valence-electron chi connectivity index (χ2n) is 8.38. The van der Waals surface area contributed by atoms with Gasteiger partial charge in [0.05, 0.1) is 4.88 Å². The molecule has 3 heterocycles. The third-order valence-electron chi connectivity index (χ3n) is 4.70. The first-order valence-corrected chi connectivity index (χ1v) is 12.1. The molecule has 1 aliphatic heterocycles. The number of rotatable bonds is 3. The van der Waals surface area contributed by atoms with Gasteiger partial charge >= 0.3 is 12.3 Å². The van der Waals surface area contributed by atoms with Crippen LogP contribution in [0, 0.1) is 0 Å². The molecule has 8 nitrogen and oxygen atoms in total. The van der Waals surface area contributed by atoms with Gasteiger partial charge in [-0.3, -0.25) is 4.68 Å². The van der Waals surface area contributed by atoms with Crippen LogP contribution in [0.5, 0.6) is 0 Å². The fourth-order valence-corrected chi connectivity index (χ4v) is 6.11. The van der Waals surface area contributed by atoms with Gasteiger partial charge in [-0.1, -0.05) is 0 Å². The lowest BCUT2D eigenvalue weighted by molar-refractivity contribution is -0.143. The Morgan fingerprint density at radius 1 is 1.12 bits per heavy atom. The minimum Gasteiger partial charge on any atom is -0.444 e. The van der Waals surface area contributed by atoms with Gasteiger partial charge in [0.1, 0.15) is 21.2 Å². The monoisotopic (exact) mass is 494 g/mol. The third kappa shape index (κ3) is 5.44. The topological polar surface area (TPSA) is 84.7 Å². The van der Waals surface area contributed by atoms with Gasteiger partial charge < -0.3 is 9.64 Å². The Morgan fingerprint density at radius 3 is 2.41 bits per heavy atom. The molecule has 1 saturated heterocycles. The molecule has 3 rings (SSSR count). The van der Waals surface area contributed by atoms with Crippen molar-refractivity contribution in [1.29, 1.82) is 0 Å². The first kappa shape index (κ1) is 24.5. The zero-order valence-electron chi connectivity index (χ0n) is 18.1. The molecule has 0 atom stereocenters. The van der Waals surface area contributed by atoms with E-state index in [1.54, 1.807) is 20.8 Å². The molecule has 32 heavy (non-hydrogen) atoms. The number of carbonyl (C=O) groups excluding carboxylic acids is 1. The van der Waals surface area contributed by atoms with Crippen LogP contribution in [-0.4, -0.2) is 65.3 Å². The van der Waals surface area contributed by atoms with E-state index >= 15 is 0 Å². The van der Waals surface area contributed by atoms with Crippen LogP contribution in [0.15, 0.2) is 22.4 Å². The van der Waals surface area contributed by atoms with Crippen molar-refractivity contribution < 1.29 is 31.1 Å². The van der Waals surface area contributed by atoms with E-state index in [2.05, 4.69) is 5.10 Å². The summed E-state index contributed by atoms with van der Waals surface area (Å²) in [6.07, 6.45) is -4.62. The lowest BCUT2D eigenvalue weighted by Crippen LogP contribution is -2.40. The van der Waals surface area contributed by atoms with Crippen molar-refractivity contribution in [2.75, 3.05) is 26.2 Å². The largest absolute Gasteiger partial charge is 0.444 e. The van der Waals surface area contributed by atoms with Crippen molar-refractivity contribution in [3.63, 3.8) is 0 Å². The van der Waals surface area contributed by atoms with E-state index in [9.17, 15) is 26.4 Å². The molecule has 0 bridgehead atoms. The van der Waals surface area contributed by atoms with Crippen LogP contribution in [0.25, 0.3) is 10.6 Å². The molecular formula is C19H25F3N4O4S2. The van der Waals surface area contributed by atoms with Gasteiger partial charge in [-0.05, 0) is 45.4 Å². The van der Waals surface area contributed by atoms with Gasteiger partial charge in [-0.25, -0.2) is 13.2 Å². The maximum atomic E-state index is 13.1. The van der Waals surface area contributed by atoms with E-state index in [4.69, 9.17) is 4.74 Å². The van der Waals surface area contributed by atoms with Crippen molar-refractivity contribution in [2.45, 2.75) is 43.2 Å². The molecule has 0 aliphatic carbocycles. The molecule has 0 aromatic carbocycles. The zero-order valence-corrected chi connectivity index (χ0v) is 19.8. The van der Waals surface area contributed by atoms with Crippen molar-refractivity contribution in [1.82, 2.24) is 19.0 Å². The number of sulfonamides is 1. The predicted molar refractivity (Wildman–Crippen MR) is 113 cm³/mol. The molecule has 13 heteroatoms. The minimum atomic E-state index is -4.56. The van der Waals surface area contributed by atoms with Gasteiger partial charge in [-0.15, -0.1) is 11.3 Å². The number of thiophene rings is 1. The molecule has 0 spiro atoms. The summed E-state index contributed by atoms with van der Waals surface area (Å²) >= 11 is 0.863. The number of carbonyl (C=O) groups is 1. The Labute approximate surface area is 188 Å². The summed E-state index contributed by atoms with van der Waals surface area (Å²) < 4.78 is 72.7. The summed E-state index contributed by atoms with van der Waals surface area (Å²) in [4.78, 5) is 14.1. The number of aryl methyl sites for hydroxylation is 1. The van der Waals surface area contributed by atoms with E-state index < -0.39 is 33.6 Å². The lowest BCUT2D eigenvalue weighted by Gasteiger charge is -2.26. The highest BCUT2D eigenvalue weighted by Crippen LogP contribution is 2.36. The summed E-state index contributed by atoms with van der Waals surface area (Å²) in [6, 6.07) is 3.71. The fraction of sp³-hybridized carbons (Fsp3) is 0.579. The molecule has 178 valence electrons. The van der Waals surface area contributed by atoms with Crippen LogP contribution in [-0.2, 0) is 28.0 Å². The minimum absolute atomic E-state index is 0.0115. The van der Waals surface area contributed by atoms with Gasteiger partial charge in [-0.2, -0.15) is 22.6 Å². The molecular weight excluding hydrogens is 469 g/mol. The summed E-state index contributed by atoms with van der Waals surface area (Å²) in [7, 11) is -2.69. The highest BCUT2D eigenvalue weighted by atomic mass is 32.2. The smallest absolute Gasteiger partial charge is 0.433 e. The zero-order chi connectivity index (χ0) is 23.9. The average Bonchev–Trinajstić information content (AvgIpc) is 3.20. The van der Waals surface area contributed by atoms with Crippen LogP contribution in [0.1, 0.15) is 32.9 Å². The molecule has 0 radical (unpaired) electrons. The molecule has 1 fully saturated rings. The summed E-state index contributed by atoms with van der Waals surface area (Å²) in [5.41, 5.74) is -1.52. The van der Waals surface area contributed by atoms with Gasteiger partial charge in [0, 0.05) is 33.2 Å². The van der Waals surface area contributed by atoms with E-state index in [0.717, 1.165) is 22.1 Å². The Morgan fingerprint density at radius 2 is 1.81 bits per heavy atom. The van der Waals surface area contributed by atoms with Crippen LogP contribution in [0.2, 0.25) is 0 Å². The molecule has 1 aliphatic rings. The van der Waals surface area contributed by atoms with Crippen molar-refractivity contribution in [2.24, 2.45) is 7.05 Å². The fourth-order valence-electron chi connectivity index (χ4n) is 3.22. The number of amides is 1. The normalized spacial score (nSPS) is 16.8. The number of aromatic nitrogens is 2. The molecule has 1 amide bonds. The molecule has 2 aromatic rings. The first-order chi connectivity index (χ1) is 14.7.